The molecule has 1 aliphatic carbocycles. The van der Waals surface area contributed by atoms with Gasteiger partial charge < -0.3 is 0 Å². The van der Waals surface area contributed by atoms with Crippen LogP contribution in [0, 0.1) is 5.41 Å². The SMILES string of the molecule is CC1(C)CCCC1NS(=O)(=O)c1ccn[nH]1. The molecule has 16 heavy (non-hydrogen) atoms. The van der Waals surface area contributed by atoms with Crippen molar-refractivity contribution in [2.24, 2.45) is 5.41 Å². The predicted octanol–water partition coefficient (Wildman–Crippen LogP) is 1.27. The van der Waals surface area contributed by atoms with Crippen molar-refractivity contribution in [2.75, 3.05) is 0 Å². The molecule has 0 bridgehead atoms. The Bertz CT molecular complexity index is 450. The maximum atomic E-state index is 12.0. The lowest BCUT2D eigenvalue weighted by molar-refractivity contribution is 0.312. The van der Waals surface area contributed by atoms with Gasteiger partial charge in [-0.1, -0.05) is 20.3 Å². The standard InChI is InChI=1S/C10H17N3O2S/c1-10(2)6-3-4-8(10)13-16(14,15)9-5-7-11-12-9/h5,7-8,13H,3-4,6H2,1-2H3,(H,11,12). The van der Waals surface area contributed by atoms with E-state index in [0.29, 0.717) is 0 Å². The van der Waals surface area contributed by atoms with Gasteiger partial charge in [-0.15, -0.1) is 0 Å². The Morgan fingerprint density at radius 3 is 2.81 bits per heavy atom. The number of hydrogen-bond acceptors (Lipinski definition) is 3. The van der Waals surface area contributed by atoms with Gasteiger partial charge in [-0.3, -0.25) is 5.10 Å². The Balaban J connectivity index is 2.16. The van der Waals surface area contributed by atoms with Crippen LogP contribution in [0.25, 0.3) is 0 Å². The molecule has 1 heterocycles. The normalized spacial score (nSPS) is 24.8. The summed E-state index contributed by atoms with van der Waals surface area (Å²) >= 11 is 0. The van der Waals surface area contributed by atoms with E-state index in [-0.39, 0.29) is 16.5 Å². The first kappa shape index (κ1) is 11.6. The zero-order chi connectivity index (χ0) is 11.8. The highest BCUT2D eigenvalue weighted by Crippen LogP contribution is 2.37. The van der Waals surface area contributed by atoms with Gasteiger partial charge in [-0.2, -0.15) is 5.10 Å². The fourth-order valence-electron chi connectivity index (χ4n) is 2.19. The van der Waals surface area contributed by atoms with Gasteiger partial charge in [0.1, 0.15) is 0 Å². The van der Waals surface area contributed by atoms with E-state index in [4.69, 9.17) is 0 Å². The van der Waals surface area contributed by atoms with E-state index >= 15 is 0 Å². The Kier molecular flexibility index (Phi) is 2.79. The van der Waals surface area contributed by atoms with Crippen LogP contribution in [-0.4, -0.2) is 24.7 Å². The maximum Gasteiger partial charge on any atom is 0.257 e. The van der Waals surface area contributed by atoms with Crippen LogP contribution in [-0.2, 0) is 10.0 Å². The predicted molar refractivity (Wildman–Crippen MR) is 60.3 cm³/mol. The largest absolute Gasteiger partial charge is 0.266 e. The molecule has 0 amide bonds. The minimum Gasteiger partial charge on any atom is -0.266 e. The molecule has 0 radical (unpaired) electrons. The van der Waals surface area contributed by atoms with E-state index in [9.17, 15) is 8.42 Å². The minimum absolute atomic E-state index is 0.0146. The summed E-state index contributed by atoms with van der Waals surface area (Å²) in [5.74, 6) is 0. The molecule has 0 aromatic carbocycles. The maximum absolute atomic E-state index is 12.0. The zero-order valence-corrected chi connectivity index (χ0v) is 10.3. The number of nitrogens with zero attached hydrogens (tertiary/aromatic N) is 1. The third-order valence-electron chi connectivity index (χ3n) is 3.32. The van der Waals surface area contributed by atoms with E-state index in [1.807, 2.05) is 0 Å². The molecule has 1 atom stereocenters. The summed E-state index contributed by atoms with van der Waals surface area (Å²) in [4.78, 5) is 0. The van der Waals surface area contributed by atoms with Crippen LogP contribution in [0.1, 0.15) is 33.1 Å². The fraction of sp³-hybridized carbons (Fsp3) is 0.700. The topological polar surface area (TPSA) is 74.8 Å². The van der Waals surface area contributed by atoms with Crippen LogP contribution in [0.3, 0.4) is 0 Å². The molecule has 2 rings (SSSR count). The van der Waals surface area contributed by atoms with Gasteiger partial charge in [0.05, 0.1) is 6.20 Å². The molecule has 90 valence electrons. The number of aromatic nitrogens is 2. The van der Waals surface area contributed by atoms with Crippen molar-refractivity contribution in [3.05, 3.63) is 12.3 Å². The van der Waals surface area contributed by atoms with Crippen molar-refractivity contribution in [2.45, 2.75) is 44.2 Å². The van der Waals surface area contributed by atoms with Gasteiger partial charge >= 0.3 is 0 Å². The van der Waals surface area contributed by atoms with E-state index < -0.39 is 10.0 Å². The van der Waals surface area contributed by atoms with E-state index in [0.717, 1.165) is 19.3 Å². The molecule has 1 aliphatic rings. The summed E-state index contributed by atoms with van der Waals surface area (Å²) in [6.45, 7) is 4.19. The van der Waals surface area contributed by atoms with Crippen molar-refractivity contribution in [3.8, 4) is 0 Å². The number of rotatable bonds is 3. The monoisotopic (exact) mass is 243 g/mol. The number of H-pyrrole nitrogens is 1. The second kappa shape index (κ2) is 3.85. The molecule has 0 spiro atoms. The summed E-state index contributed by atoms with van der Waals surface area (Å²) in [6.07, 6.45) is 4.47. The molecule has 1 aromatic rings. The first-order valence-corrected chi connectivity index (χ1v) is 6.92. The second-order valence-electron chi connectivity index (χ2n) is 4.98. The molecule has 0 aliphatic heterocycles. The Morgan fingerprint density at radius 2 is 2.31 bits per heavy atom. The van der Waals surface area contributed by atoms with Crippen LogP contribution in [0.4, 0.5) is 0 Å². The molecule has 1 fully saturated rings. The molecule has 5 nitrogen and oxygen atoms in total. The summed E-state index contributed by atoms with van der Waals surface area (Å²) in [6, 6.07) is 1.48. The lowest BCUT2D eigenvalue weighted by Gasteiger charge is -2.27. The van der Waals surface area contributed by atoms with E-state index in [1.165, 1.54) is 12.3 Å². The average molecular weight is 243 g/mol. The Hall–Kier alpha value is -0.880. The Labute approximate surface area is 95.7 Å². The summed E-state index contributed by atoms with van der Waals surface area (Å²) < 4.78 is 26.7. The highest BCUT2D eigenvalue weighted by molar-refractivity contribution is 7.89. The summed E-state index contributed by atoms with van der Waals surface area (Å²) in [7, 11) is -3.44. The smallest absolute Gasteiger partial charge is 0.257 e. The average Bonchev–Trinajstić information content (AvgIpc) is 2.76. The third-order valence-corrected chi connectivity index (χ3v) is 4.72. The minimum atomic E-state index is -3.44. The lowest BCUT2D eigenvalue weighted by atomic mass is 9.88. The van der Waals surface area contributed by atoms with Crippen LogP contribution >= 0.6 is 0 Å². The van der Waals surface area contributed by atoms with Crippen LogP contribution < -0.4 is 4.72 Å². The number of nitrogens with one attached hydrogen (secondary N) is 2. The van der Waals surface area contributed by atoms with Crippen molar-refractivity contribution in [1.82, 2.24) is 14.9 Å². The first-order chi connectivity index (χ1) is 7.42. The van der Waals surface area contributed by atoms with Gasteiger partial charge in [0, 0.05) is 6.04 Å². The van der Waals surface area contributed by atoms with E-state index in [2.05, 4.69) is 28.8 Å². The van der Waals surface area contributed by atoms with Gasteiger partial charge in [-0.05, 0) is 24.3 Å². The van der Waals surface area contributed by atoms with Gasteiger partial charge in [0.2, 0.25) is 0 Å². The molecule has 0 saturated heterocycles. The molecule has 1 unspecified atom stereocenters. The lowest BCUT2D eigenvalue weighted by Crippen LogP contribution is -2.41. The molecule has 1 aromatic heterocycles. The fourth-order valence-corrected chi connectivity index (χ4v) is 3.54. The molecular weight excluding hydrogens is 226 g/mol. The second-order valence-corrected chi connectivity index (χ2v) is 6.66. The molecule has 1 saturated carbocycles. The van der Waals surface area contributed by atoms with Crippen LogP contribution in [0.15, 0.2) is 17.3 Å². The highest BCUT2D eigenvalue weighted by atomic mass is 32.2. The summed E-state index contributed by atoms with van der Waals surface area (Å²) in [5.41, 5.74) is 0.0348. The molecule has 2 N–H and O–H groups in total. The molecule has 6 heteroatoms. The van der Waals surface area contributed by atoms with Crippen molar-refractivity contribution in [1.29, 1.82) is 0 Å². The van der Waals surface area contributed by atoms with Crippen molar-refractivity contribution >= 4 is 10.0 Å². The molecular formula is C10H17N3O2S. The number of sulfonamides is 1. The van der Waals surface area contributed by atoms with Crippen LogP contribution in [0.2, 0.25) is 0 Å². The van der Waals surface area contributed by atoms with Gasteiger partial charge in [0.25, 0.3) is 10.0 Å². The highest BCUT2D eigenvalue weighted by Gasteiger charge is 2.37. The third kappa shape index (κ3) is 2.12. The zero-order valence-electron chi connectivity index (χ0n) is 9.53. The first-order valence-electron chi connectivity index (χ1n) is 5.43. The quantitative estimate of drug-likeness (QED) is 0.839. The van der Waals surface area contributed by atoms with Crippen molar-refractivity contribution in [3.63, 3.8) is 0 Å². The number of aromatic amines is 1. The summed E-state index contributed by atoms with van der Waals surface area (Å²) in [5, 5.41) is 6.27. The Morgan fingerprint density at radius 1 is 1.56 bits per heavy atom. The van der Waals surface area contributed by atoms with Gasteiger partial charge in [0.15, 0.2) is 5.03 Å². The van der Waals surface area contributed by atoms with Crippen molar-refractivity contribution < 1.29 is 8.42 Å². The van der Waals surface area contributed by atoms with E-state index in [1.54, 1.807) is 0 Å². The van der Waals surface area contributed by atoms with Crippen LogP contribution in [0.5, 0.6) is 0 Å². The number of hydrogen-bond donors (Lipinski definition) is 2. The van der Waals surface area contributed by atoms with Gasteiger partial charge in [-0.25, -0.2) is 13.1 Å².